The molecule has 0 aliphatic carbocycles. The first-order chi connectivity index (χ1) is 20.1. The summed E-state index contributed by atoms with van der Waals surface area (Å²) in [6, 6.07) is 7.71. The lowest BCUT2D eigenvalue weighted by molar-refractivity contribution is -0.138. The molecule has 0 unspecified atom stereocenters. The fourth-order valence-corrected chi connectivity index (χ4v) is 6.07. The standard InChI is InChI=1S/C29H28ClF3N4O5S/c1-28(2,3)42-26(40)35-9-8-23(38)22(15-35)37-25(39)24(43-27(37)41)11-16-4-7-21-18(10-16)13-34-36(21)14-17-5-6-19(30)12-20(17)29(31,32)33/h4-7,10-13,22-23,38H,8-9,14-15H2,1-3H3/b24-11-/t22-,23-/m0/s1. The lowest BCUT2D eigenvalue weighted by atomic mass is 10.0. The molecule has 1 N–H and O–H groups in total. The van der Waals surface area contributed by atoms with Crippen molar-refractivity contribution >= 4 is 57.6 Å². The average molecular weight is 637 g/mol. The van der Waals surface area contributed by atoms with Gasteiger partial charge in [-0.25, -0.2) is 4.79 Å². The van der Waals surface area contributed by atoms with Gasteiger partial charge in [-0.1, -0.05) is 23.7 Å². The number of thioether (sulfide) groups is 1. The number of ether oxygens (including phenoxy) is 1. The van der Waals surface area contributed by atoms with Gasteiger partial charge >= 0.3 is 12.3 Å². The Morgan fingerprint density at radius 3 is 2.63 bits per heavy atom. The van der Waals surface area contributed by atoms with Gasteiger partial charge in [-0.2, -0.15) is 18.3 Å². The van der Waals surface area contributed by atoms with Crippen LogP contribution in [0.5, 0.6) is 0 Å². The summed E-state index contributed by atoms with van der Waals surface area (Å²) in [5, 5.41) is 14.9. The van der Waals surface area contributed by atoms with Crippen molar-refractivity contribution in [1.29, 1.82) is 0 Å². The Kier molecular flexibility index (Phi) is 8.27. The summed E-state index contributed by atoms with van der Waals surface area (Å²) in [4.78, 5) is 41.3. The Morgan fingerprint density at radius 2 is 1.93 bits per heavy atom. The third-order valence-electron chi connectivity index (χ3n) is 7.01. The molecular formula is C29H28ClF3N4O5S. The van der Waals surface area contributed by atoms with Crippen LogP contribution in [-0.2, 0) is 22.3 Å². The van der Waals surface area contributed by atoms with Crippen LogP contribution in [0.3, 0.4) is 0 Å². The van der Waals surface area contributed by atoms with Crippen molar-refractivity contribution in [3.05, 3.63) is 69.2 Å². The van der Waals surface area contributed by atoms with E-state index in [-0.39, 0.29) is 41.5 Å². The summed E-state index contributed by atoms with van der Waals surface area (Å²) in [6.45, 7) is 5.21. The van der Waals surface area contributed by atoms with Gasteiger partial charge in [-0.05, 0) is 80.4 Å². The minimum absolute atomic E-state index is 0.00906. The predicted molar refractivity (Wildman–Crippen MR) is 155 cm³/mol. The Bertz CT molecular complexity index is 1630. The topological polar surface area (TPSA) is 105 Å². The number of alkyl halides is 3. The van der Waals surface area contributed by atoms with Crippen molar-refractivity contribution in [2.75, 3.05) is 13.1 Å². The molecule has 3 amide bonds. The molecule has 0 spiro atoms. The van der Waals surface area contributed by atoms with E-state index >= 15 is 0 Å². The van der Waals surface area contributed by atoms with Crippen LogP contribution in [-0.4, -0.2) is 72.8 Å². The normalized spacial score (nSPS) is 20.9. The second-order valence-electron chi connectivity index (χ2n) is 11.3. The van der Waals surface area contributed by atoms with Gasteiger partial charge in [0.05, 0.1) is 40.9 Å². The van der Waals surface area contributed by atoms with E-state index in [9.17, 15) is 32.7 Å². The fourth-order valence-electron chi connectivity index (χ4n) is 5.02. The Labute approximate surface area is 254 Å². The molecule has 2 fully saturated rings. The number of amides is 3. The lowest BCUT2D eigenvalue weighted by Crippen LogP contribution is -2.58. The van der Waals surface area contributed by atoms with E-state index in [1.165, 1.54) is 34.0 Å². The summed E-state index contributed by atoms with van der Waals surface area (Å²) < 4.78 is 47.6. The Hall–Kier alpha value is -3.55. The molecule has 43 heavy (non-hydrogen) atoms. The molecule has 2 aliphatic rings. The second-order valence-corrected chi connectivity index (χ2v) is 12.8. The van der Waals surface area contributed by atoms with Crippen LogP contribution in [0.15, 0.2) is 47.5 Å². The highest BCUT2D eigenvalue weighted by atomic mass is 35.5. The van der Waals surface area contributed by atoms with Crippen LogP contribution in [0.25, 0.3) is 17.0 Å². The van der Waals surface area contributed by atoms with E-state index in [1.54, 1.807) is 39.0 Å². The van der Waals surface area contributed by atoms with E-state index in [1.807, 2.05) is 0 Å². The summed E-state index contributed by atoms with van der Waals surface area (Å²) in [5.74, 6) is -0.594. The molecule has 1 aromatic heterocycles. The van der Waals surface area contributed by atoms with Crippen LogP contribution >= 0.6 is 23.4 Å². The molecular weight excluding hydrogens is 609 g/mol. The molecule has 228 valence electrons. The zero-order valence-corrected chi connectivity index (χ0v) is 25.0. The monoisotopic (exact) mass is 636 g/mol. The number of halogens is 4. The van der Waals surface area contributed by atoms with Crippen molar-refractivity contribution in [3.63, 3.8) is 0 Å². The van der Waals surface area contributed by atoms with Gasteiger partial charge in [-0.15, -0.1) is 0 Å². The molecule has 5 rings (SSSR count). The van der Waals surface area contributed by atoms with Gasteiger partial charge in [0.15, 0.2) is 0 Å². The Balaban J connectivity index is 1.35. The maximum absolute atomic E-state index is 13.6. The highest BCUT2D eigenvalue weighted by Gasteiger charge is 2.45. The molecule has 3 heterocycles. The number of imide groups is 1. The van der Waals surface area contributed by atoms with Crippen molar-refractivity contribution in [2.24, 2.45) is 0 Å². The van der Waals surface area contributed by atoms with Crippen LogP contribution < -0.4 is 0 Å². The van der Waals surface area contributed by atoms with Crippen molar-refractivity contribution in [3.8, 4) is 0 Å². The van der Waals surface area contributed by atoms with E-state index in [0.717, 1.165) is 22.7 Å². The zero-order chi connectivity index (χ0) is 31.3. The molecule has 2 aliphatic heterocycles. The number of rotatable bonds is 4. The number of benzene rings is 2. The maximum Gasteiger partial charge on any atom is 0.416 e. The minimum Gasteiger partial charge on any atom is -0.444 e. The highest BCUT2D eigenvalue weighted by Crippen LogP contribution is 2.37. The number of aliphatic hydroxyl groups excluding tert-OH is 1. The van der Waals surface area contributed by atoms with Crippen LogP contribution in [0.4, 0.5) is 22.8 Å². The molecule has 2 atom stereocenters. The SMILES string of the molecule is CC(C)(C)OC(=O)N1CC[C@H](O)[C@@H](N2C(=O)S/C(=C\c3ccc4c(cnn4Cc4ccc(Cl)cc4C(F)(F)F)c3)C2=O)C1. The van der Waals surface area contributed by atoms with Gasteiger partial charge < -0.3 is 14.7 Å². The van der Waals surface area contributed by atoms with Crippen LogP contribution in [0, 0.1) is 0 Å². The molecule has 2 saturated heterocycles. The number of nitrogens with zero attached hydrogens (tertiary/aromatic N) is 4. The maximum atomic E-state index is 13.6. The number of carbonyl (C=O) groups excluding carboxylic acids is 3. The first-order valence-electron chi connectivity index (χ1n) is 13.3. The number of carbonyl (C=O) groups is 3. The summed E-state index contributed by atoms with van der Waals surface area (Å²) in [6.07, 6.45) is -2.97. The van der Waals surface area contributed by atoms with Gasteiger partial charge in [0, 0.05) is 23.5 Å². The van der Waals surface area contributed by atoms with Crippen LogP contribution in [0.1, 0.15) is 43.9 Å². The second kappa shape index (κ2) is 11.5. The third-order valence-corrected chi connectivity index (χ3v) is 8.13. The van der Waals surface area contributed by atoms with Gasteiger partial charge in [-0.3, -0.25) is 19.2 Å². The Morgan fingerprint density at radius 1 is 1.19 bits per heavy atom. The van der Waals surface area contributed by atoms with Crippen molar-refractivity contribution in [2.45, 2.75) is 57.7 Å². The van der Waals surface area contributed by atoms with Gasteiger partial charge in [0.25, 0.3) is 11.1 Å². The smallest absolute Gasteiger partial charge is 0.416 e. The van der Waals surface area contributed by atoms with Crippen molar-refractivity contribution in [1.82, 2.24) is 19.6 Å². The predicted octanol–water partition coefficient (Wildman–Crippen LogP) is 6.16. The van der Waals surface area contributed by atoms with E-state index in [4.69, 9.17) is 16.3 Å². The van der Waals surface area contributed by atoms with E-state index in [2.05, 4.69) is 5.10 Å². The van der Waals surface area contributed by atoms with Gasteiger partial charge in [0.1, 0.15) is 5.60 Å². The quantitative estimate of drug-likeness (QED) is 0.342. The summed E-state index contributed by atoms with van der Waals surface area (Å²) in [5.41, 5.74) is -0.420. The van der Waals surface area contributed by atoms with Crippen LogP contribution in [0.2, 0.25) is 5.02 Å². The number of piperidine rings is 1. The highest BCUT2D eigenvalue weighted by molar-refractivity contribution is 8.18. The molecule has 9 nitrogen and oxygen atoms in total. The first-order valence-corrected chi connectivity index (χ1v) is 14.5. The summed E-state index contributed by atoms with van der Waals surface area (Å²) >= 11 is 6.52. The third kappa shape index (κ3) is 6.68. The average Bonchev–Trinajstić information content (AvgIpc) is 3.42. The molecule has 2 aromatic carbocycles. The number of hydrogen-bond donors (Lipinski definition) is 1. The number of aromatic nitrogens is 2. The number of fused-ring (bicyclic) bond motifs is 1. The van der Waals surface area contributed by atoms with E-state index < -0.39 is 46.7 Å². The first kappa shape index (κ1) is 30.9. The molecule has 0 radical (unpaired) electrons. The molecule has 14 heteroatoms. The number of likely N-dealkylation sites (tertiary alicyclic amines) is 1. The van der Waals surface area contributed by atoms with Gasteiger partial charge in [0.2, 0.25) is 0 Å². The largest absolute Gasteiger partial charge is 0.444 e. The lowest BCUT2D eigenvalue weighted by Gasteiger charge is -2.39. The number of hydrogen-bond acceptors (Lipinski definition) is 7. The number of aliphatic hydroxyl groups is 1. The zero-order valence-electron chi connectivity index (χ0n) is 23.4. The fraction of sp³-hybridized carbons (Fsp3) is 0.379. The van der Waals surface area contributed by atoms with E-state index in [0.29, 0.717) is 16.5 Å². The summed E-state index contributed by atoms with van der Waals surface area (Å²) in [7, 11) is 0. The molecule has 0 saturated carbocycles. The molecule has 0 bridgehead atoms. The van der Waals surface area contributed by atoms with Crippen molar-refractivity contribution < 1.29 is 37.4 Å². The minimum atomic E-state index is -4.58. The molecule has 3 aromatic rings.